The molecule has 0 amide bonds. The molecule has 1 aliphatic rings. The number of benzene rings is 2. The van der Waals surface area contributed by atoms with Crippen LogP contribution in [0.4, 0.5) is 25.8 Å². The van der Waals surface area contributed by atoms with Gasteiger partial charge in [-0.1, -0.05) is 25.5 Å². The van der Waals surface area contributed by atoms with Crippen LogP contribution in [0.2, 0.25) is 0 Å². The lowest BCUT2D eigenvalue weighted by Crippen LogP contribution is -2.36. The lowest BCUT2D eigenvalue weighted by Gasteiger charge is -2.28. The van der Waals surface area contributed by atoms with E-state index in [1.54, 1.807) is 0 Å². The maximum atomic E-state index is 14.2. The Morgan fingerprint density at radius 2 is 1.77 bits per heavy atom. The van der Waals surface area contributed by atoms with E-state index in [4.69, 9.17) is 0 Å². The Balaban J connectivity index is 2.04. The SMILES string of the molecule is CCCCN1c2ccccc2N(c2ccc(F)cc2F)C1I. The Bertz CT molecular complexity index is 677. The summed E-state index contributed by atoms with van der Waals surface area (Å²) in [6.45, 7) is 3.07. The fourth-order valence-corrected chi connectivity index (χ4v) is 3.94. The molecule has 0 saturated carbocycles. The molecule has 1 aliphatic heterocycles. The highest BCUT2D eigenvalue weighted by Crippen LogP contribution is 2.46. The summed E-state index contributed by atoms with van der Waals surface area (Å²) in [4.78, 5) is 4.20. The minimum Gasteiger partial charge on any atom is -0.341 e. The van der Waals surface area contributed by atoms with Crippen molar-refractivity contribution in [2.75, 3.05) is 16.3 Å². The smallest absolute Gasteiger partial charge is 0.159 e. The van der Waals surface area contributed by atoms with Crippen LogP contribution in [0.25, 0.3) is 0 Å². The van der Waals surface area contributed by atoms with E-state index in [2.05, 4.69) is 40.5 Å². The molecule has 116 valence electrons. The maximum Gasteiger partial charge on any atom is 0.159 e. The van der Waals surface area contributed by atoms with Gasteiger partial charge in [0, 0.05) is 12.6 Å². The summed E-state index contributed by atoms with van der Waals surface area (Å²) in [5.41, 5.74) is 2.47. The van der Waals surface area contributed by atoms with Gasteiger partial charge >= 0.3 is 0 Å². The molecule has 3 rings (SSSR count). The summed E-state index contributed by atoms with van der Waals surface area (Å²) < 4.78 is 27.4. The van der Waals surface area contributed by atoms with Gasteiger partial charge in [-0.05, 0) is 53.3 Å². The molecule has 22 heavy (non-hydrogen) atoms. The highest BCUT2D eigenvalue weighted by atomic mass is 127. The molecule has 2 aromatic rings. The summed E-state index contributed by atoms with van der Waals surface area (Å²) in [6.07, 6.45) is 2.18. The molecule has 0 N–H and O–H groups in total. The number of fused-ring (bicyclic) bond motifs is 1. The molecule has 1 unspecified atom stereocenters. The van der Waals surface area contributed by atoms with Crippen LogP contribution in [-0.4, -0.2) is 10.7 Å². The van der Waals surface area contributed by atoms with Crippen LogP contribution in [0.5, 0.6) is 0 Å². The van der Waals surface area contributed by atoms with Crippen molar-refractivity contribution >= 4 is 39.7 Å². The summed E-state index contributed by atoms with van der Waals surface area (Å²) in [5.74, 6) is -1.09. The van der Waals surface area contributed by atoms with E-state index in [0.717, 1.165) is 36.8 Å². The Labute approximate surface area is 142 Å². The highest BCUT2D eigenvalue weighted by molar-refractivity contribution is 14.1. The number of halogens is 3. The largest absolute Gasteiger partial charge is 0.341 e. The first kappa shape index (κ1) is 15.5. The maximum absolute atomic E-state index is 14.2. The van der Waals surface area contributed by atoms with E-state index in [1.165, 1.54) is 12.1 Å². The zero-order valence-corrected chi connectivity index (χ0v) is 14.4. The number of anilines is 3. The first-order valence-corrected chi connectivity index (χ1v) is 8.62. The van der Waals surface area contributed by atoms with Crippen molar-refractivity contribution in [2.45, 2.75) is 23.9 Å². The topological polar surface area (TPSA) is 6.48 Å². The molecule has 0 radical (unpaired) electrons. The Kier molecular flexibility index (Phi) is 4.52. The van der Waals surface area contributed by atoms with E-state index in [1.807, 2.05) is 23.1 Å². The summed E-state index contributed by atoms with van der Waals surface area (Å²) in [6, 6.07) is 11.7. The number of alkyl halides is 1. The molecule has 1 atom stereocenters. The standard InChI is InChI=1S/C17H17F2IN2/c1-2-3-10-21-15-6-4-5-7-16(15)22(17(21)20)14-9-8-12(18)11-13(14)19/h4-9,11,17H,2-3,10H2,1H3. The van der Waals surface area contributed by atoms with E-state index >= 15 is 0 Å². The predicted molar refractivity (Wildman–Crippen MR) is 95.0 cm³/mol. The van der Waals surface area contributed by atoms with Crippen molar-refractivity contribution in [3.8, 4) is 0 Å². The number of para-hydroxylation sites is 2. The molecule has 2 nitrogen and oxygen atoms in total. The fourth-order valence-electron chi connectivity index (χ4n) is 2.76. The number of hydrogen-bond donors (Lipinski definition) is 0. The van der Waals surface area contributed by atoms with Gasteiger partial charge in [0.1, 0.15) is 11.6 Å². The minimum atomic E-state index is -0.554. The van der Waals surface area contributed by atoms with Crippen molar-refractivity contribution in [3.05, 3.63) is 54.1 Å². The molecule has 0 saturated heterocycles. The third-order valence-electron chi connectivity index (χ3n) is 3.84. The van der Waals surface area contributed by atoms with Crippen LogP contribution in [0.15, 0.2) is 42.5 Å². The van der Waals surface area contributed by atoms with Gasteiger partial charge in [-0.15, -0.1) is 0 Å². The van der Waals surface area contributed by atoms with Crippen molar-refractivity contribution < 1.29 is 8.78 Å². The molecule has 1 heterocycles. The average Bonchev–Trinajstić information content (AvgIpc) is 2.78. The zero-order valence-electron chi connectivity index (χ0n) is 12.3. The Hall–Kier alpha value is -1.37. The van der Waals surface area contributed by atoms with Crippen molar-refractivity contribution in [2.24, 2.45) is 0 Å². The van der Waals surface area contributed by atoms with Gasteiger partial charge in [0.05, 0.1) is 17.1 Å². The molecule has 0 aromatic heterocycles. The van der Waals surface area contributed by atoms with Gasteiger partial charge in [0.15, 0.2) is 4.17 Å². The molecule has 5 heteroatoms. The lowest BCUT2D eigenvalue weighted by molar-refractivity contribution is 0.581. The second-order valence-corrected chi connectivity index (χ2v) is 6.43. The van der Waals surface area contributed by atoms with Crippen LogP contribution in [0.1, 0.15) is 19.8 Å². The predicted octanol–water partition coefficient (Wildman–Crippen LogP) is 5.44. The summed E-state index contributed by atoms with van der Waals surface area (Å²) in [7, 11) is 0. The number of rotatable bonds is 4. The molecular weight excluding hydrogens is 397 g/mol. The van der Waals surface area contributed by atoms with Gasteiger partial charge < -0.3 is 9.80 Å². The second-order valence-electron chi connectivity index (χ2n) is 5.31. The van der Waals surface area contributed by atoms with Crippen molar-refractivity contribution in [1.29, 1.82) is 0 Å². The molecule has 0 aliphatic carbocycles. The third kappa shape index (κ3) is 2.66. The average molecular weight is 414 g/mol. The van der Waals surface area contributed by atoms with Gasteiger partial charge in [0.25, 0.3) is 0 Å². The first-order valence-electron chi connectivity index (χ1n) is 7.37. The first-order chi connectivity index (χ1) is 10.6. The van der Waals surface area contributed by atoms with Crippen LogP contribution in [-0.2, 0) is 0 Å². The Morgan fingerprint density at radius 3 is 2.45 bits per heavy atom. The Morgan fingerprint density at radius 1 is 1.05 bits per heavy atom. The van der Waals surface area contributed by atoms with E-state index in [0.29, 0.717) is 5.69 Å². The van der Waals surface area contributed by atoms with Gasteiger partial charge in [-0.2, -0.15) is 0 Å². The monoisotopic (exact) mass is 414 g/mol. The zero-order chi connectivity index (χ0) is 15.7. The number of nitrogens with zero attached hydrogens (tertiary/aromatic N) is 2. The fraction of sp³-hybridized carbons (Fsp3) is 0.294. The van der Waals surface area contributed by atoms with E-state index in [-0.39, 0.29) is 4.17 Å². The van der Waals surface area contributed by atoms with Crippen LogP contribution in [0.3, 0.4) is 0 Å². The normalized spacial score (nSPS) is 17.0. The summed E-state index contributed by atoms with van der Waals surface area (Å²) >= 11 is 2.31. The quantitative estimate of drug-likeness (QED) is 0.374. The molecule has 0 spiro atoms. The highest BCUT2D eigenvalue weighted by Gasteiger charge is 2.35. The minimum absolute atomic E-state index is 0.0264. The van der Waals surface area contributed by atoms with Crippen molar-refractivity contribution in [1.82, 2.24) is 0 Å². The third-order valence-corrected chi connectivity index (χ3v) is 5.07. The van der Waals surface area contributed by atoms with E-state index in [9.17, 15) is 8.78 Å². The van der Waals surface area contributed by atoms with Gasteiger partial charge in [0.2, 0.25) is 0 Å². The van der Waals surface area contributed by atoms with Crippen molar-refractivity contribution in [3.63, 3.8) is 0 Å². The van der Waals surface area contributed by atoms with Crippen LogP contribution >= 0.6 is 22.6 Å². The summed E-state index contributed by atoms with van der Waals surface area (Å²) in [5, 5.41) is 0. The van der Waals surface area contributed by atoms with E-state index < -0.39 is 11.6 Å². The molecule has 0 bridgehead atoms. The molecular formula is C17H17F2IN2. The molecule has 0 fully saturated rings. The molecule has 2 aromatic carbocycles. The van der Waals surface area contributed by atoms with Crippen LogP contribution in [0, 0.1) is 11.6 Å². The second kappa shape index (κ2) is 6.40. The van der Waals surface area contributed by atoms with Gasteiger partial charge in [-0.3, -0.25) is 0 Å². The van der Waals surface area contributed by atoms with Crippen LogP contribution < -0.4 is 9.80 Å². The number of hydrogen-bond acceptors (Lipinski definition) is 2. The van der Waals surface area contributed by atoms with Gasteiger partial charge in [-0.25, -0.2) is 8.78 Å². The lowest BCUT2D eigenvalue weighted by atomic mass is 10.2. The number of unbranched alkanes of at least 4 members (excludes halogenated alkanes) is 1.